The molecule has 6 nitrogen and oxygen atoms in total. The maximum absolute atomic E-state index is 11.0. The quantitative estimate of drug-likeness (QED) is 0.773. The lowest BCUT2D eigenvalue weighted by Crippen LogP contribution is -1.98. The van der Waals surface area contributed by atoms with Gasteiger partial charge in [0, 0.05) is 36.7 Å². The Bertz CT molecular complexity index is 616. The first-order chi connectivity index (χ1) is 7.95. The van der Waals surface area contributed by atoms with Crippen LogP contribution in [-0.4, -0.2) is 27.7 Å². The van der Waals surface area contributed by atoms with Gasteiger partial charge in [0.25, 0.3) is 9.05 Å². The Labute approximate surface area is 103 Å². The minimum Gasteiger partial charge on any atom is -0.336 e. The van der Waals surface area contributed by atoms with Gasteiger partial charge in [0.1, 0.15) is 0 Å². The fraction of sp³-hybridized carbons (Fsp3) is 0.333. The summed E-state index contributed by atoms with van der Waals surface area (Å²) in [6.45, 7) is 0.630. The van der Waals surface area contributed by atoms with Crippen LogP contribution in [0.15, 0.2) is 29.9 Å². The highest BCUT2D eigenvalue weighted by Gasteiger charge is 2.13. The zero-order valence-electron chi connectivity index (χ0n) is 9.12. The van der Waals surface area contributed by atoms with Crippen LogP contribution in [0.4, 0.5) is 0 Å². The molecule has 0 bridgehead atoms. The van der Waals surface area contributed by atoms with Gasteiger partial charge in [-0.15, -0.1) is 0 Å². The summed E-state index contributed by atoms with van der Waals surface area (Å²) in [7, 11) is 3.28. The van der Waals surface area contributed by atoms with Crippen LogP contribution in [0.2, 0.25) is 0 Å². The third-order valence-electron chi connectivity index (χ3n) is 2.28. The van der Waals surface area contributed by atoms with Crippen LogP contribution in [0.5, 0.6) is 0 Å². The second-order valence-electron chi connectivity index (χ2n) is 3.66. The predicted molar refractivity (Wildman–Crippen MR) is 62.2 cm³/mol. The summed E-state index contributed by atoms with van der Waals surface area (Å²) >= 11 is 0. The van der Waals surface area contributed by atoms with E-state index in [0.717, 1.165) is 12.0 Å². The molecule has 0 radical (unpaired) electrons. The maximum atomic E-state index is 11.0. The summed E-state index contributed by atoms with van der Waals surface area (Å²) < 4.78 is 25.4. The van der Waals surface area contributed by atoms with Crippen molar-refractivity contribution in [1.29, 1.82) is 0 Å². The highest BCUT2D eigenvalue weighted by atomic mass is 35.7. The Balaban J connectivity index is 2.03. The number of halogens is 1. The molecule has 0 saturated heterocycles. The van der Waals surface area contributed by atoms with E-state index >= 15 is 0 Å². The highest BCUT2D eigenvalue weighted by molar-refractivity contribution is 8.13. The third kappa shape index (κ3) is 3.07. The molecule has 17 heavy (non-hydrogen) atoms. The van der Waals surface area contributed by atoms with Gasteiger partial charge in [-0.3, -0.25) is 4.68 Å². The smallest absolute Gasteiger partial charge is 0.280 e. The fourth-order valence-electron chi connectivity index (χ4n) is 1.45. The van der Waals surface area contributed by atoms with Gasteiger partial charge in [0.15, 0.2) is 5.03 Å². The topological polar surface area (TPSA) is 69.8 Å². The average molecular weight is 275 g/mol. The summed E-state index contributed by atoms with van der Waals surface area (Å²) in [4.78, 5) is 3.73. The van der Waals surface area contributed by atoms with Crippen LogP contribution in [0.25, 0.3) is 0 Å². The van der Waals surface area contributed by atoms with Crippen LogP contribution in [0.3, 0.4) is 0 Å². The minimum atomic E-state index is -3.74. The van der Waals surface area contributed by atoms with Crippen LogP contribution in [0, 0.1) is 0 Å². The van der Waals surface area contributed by atoms with Crippen molar-refractivity contribution < 1.29 is 8.42 Å². The van der Waals surface area contributed by atoms with Gasteiger partial charge >= 0.3 is 0 Å². The lowest BCUT2D eigenvalue weighted by atomic mass is 10.2. The molecule has 0 aliphatic heterocycles. The van der Waals surface area contributed by atoms with Crippen LogP contribution >= 0.6 is 10.7 Å². The van der Waals surface area contributed by atoms with Crippen molar-refractivity contribution in [3.05, 3.63) is 30.5 Å². The monoisotopic (exact) mass is 274 g/mol. The number of rotatable bonds is 4. The molecule has 2 aromatic heterocycles. The van der Waals surface area contributed by atoms with Crippen molar-refractivity contribution >= 4 is 19.7 Å². The summed E-state index contributed by atoms with van der Waals surface area (Å²) in [5.41, 5.74) is 1.08. The molecular weight excluding hydrogens is 264 g/mol. The summed E-state index contributed by atoms with van der Waals surface area (Å²) in [5, 5.41) is 3.93. The molecule has 0 atom stereocenters. The standard InChI is InChI=1S/C9H11ClN4O2S/c1-13-5-8(4-12-13)2-3-14-6-9(11-7-14)17(10,15)16/h4-7H,2-3H2,1H3. The lowest BCUT2D eigenvalue weighted by Gasteiger charge is -1.98. The summed E-state index contributed by atoms with van der Waals surface area (Å²) in [5.74, 6) is 0. The van der Waals surface area contributed by atoms with Gasteiger partial charge in [-0.25, -0.2) is 13.4 Å². The van der Waals surface area contributed by atoms with E-state index in [2.05, 4.69) is 10.1 Å². The van der Waals surface area contributed by atoms with Crippen molar-refractivity contribution in [1.82, 2.24) is 19.3 Å². The normalized spacial score (nSPS) is 11.9. The van der Waals surface area contributed by atoms with E-state index in [1.165, 1.54) is 12.5 Å². The average Bonchev–Trinajstić information content (AvgIpc) is 2.82. The van der Waals surface area contributed by atoms with E-state index in [9.17, 15) is 8.42 Å². The van der Waals surface area contributed by atoms with Crippen LogP contribution in [-0.2, 0) is 29.1 Å². The molecule has 2 heterocycles. The highest BCUT2D eigenvalue weighted by Crippen LogP contribution is 2.11. The molecular formula is C9H11ClN4O2S. The lowest BCUT2D eigenvalue weighted by molar-refractivity contribution is 0.606. The first-order valence-corrected chi connectivity index (χ1v) is 7.20. The molecule has 8 heteroatoms. The molecule has 2 rings (SSSR count). The predicted octanol–water partition coefficient (Wildman–Crippen LogP) is 0.787. The van der Waals surface area contributed by atoms with Gasteiger partial charge < -0.3 is 4.57 Å². The fourth-order valence-corrected chi connectivity index (χ4v) is 2.12. The number of aryl methyl sites for hydroxylation is 3. The summed E-state index contributed by atoms with van der Waals surface area (Å²) in [6.07, 6.45) is 7.31. The zero-order chi connectivity index (χ0) is 12.5. The van der Waals surface area contributed by atoms with E-state index in [0.29, 0.717) is 6.54 Å². The van der Waals surface area contributed by atoms with Crippen LogP contribution in [0.1, 0.15) is 5.56 Å². The van der Waals surface area contributed by atoms with Gasteiger partial charge in [-0.2, -0.15) is 5.10 Å². The molecule has 0 unspecified atom stereocenters. The Kier molecular flexibility index (Phi) is 3.21. The van der Waals surface area contributed by atoms with Gasteiger partial charge in [-0.1, -0.05) is 0 Å². The van der Waals surface area contributed by atoms with Gasteiger partial charge in [0.2, 0.25) is 0 Å². The van der Waals surface area contributed by atoms with Crippen LogP contribution < -0.4 is 0 Å². The van der Waals surface area contributed by atoms with Gasteiger partial charge in [-0.05, 0) is 12.0 Å². The first kappa shape index (κ1) is 12.1. The first-order valence-electron chi connectivity index (χ1n) is 4.89. The molecule has 0 N–H and O–H groups in total. The molecule has 0 saturated carbocycles. The Hall–Kier alpha value is -1.34. The molecule has 0 amide bonds. The molecule has 0 aliphatic carbocycles. The second-order valence-corrected chi connectivity index (χ2v) is 6.17. The van der Waals surface area contributed by atoms with E-state index in [-0.39, 0.29) is 5.03 Å². The molecule has 2 aromatic rings. The van der Waals surface area contributed by atoms with E-state index in [4.69, 9.17) is 10.7 Å². The molecule has 0 spiro atoms. The zero-order valence-corrected chi connectivity index (χ0v) is 10.7. The number of aromatic nitrogens is 4. The van der Waals surface area contributed by atoms with Crippen molar-refractivity contribution in [3.63, 3.8) is 0 Å². The Morgan fingerprint density at radius 3 is 2.71 bits per heavy atom. The Morgan fingerprint density at radius 2 is 2.18 bits per heavy atom. The van der Waals surface area contributed by atoms with Crippen molar-refractivity contribution in [2.24, 2.45) is 7.05 Å². The minimum absolute atomic E-state index is 0.120. The number of nitrogens with zero attached hydrogens (tertiary/aromatic N) is 4. The third-order valence-corrected chi connectivity index (χ3v) is 3.46. The molecule has 92 valence electrons. The van der Waals surface area contributed by atoms with Crippen molar-refractivity contribution in [2.75, 3.05) is 0 Å². The number of imidazole rings is 1. The number of hydrogen-bond donors (Lipinski definition) is 0. The maximum Gasteiger partial charge on any atom is 0.280 e. The summed E-state index contributed by atoms with van der Waals surface area (Å²) in [6, 6.07) is 0. The van der Waals surface area contributed by atoms with Gasteiger partial charge in [0.05, 0.1) is 12.5 Å². The molecule has 0 fully saturated rings. The van der Waals surface area contributed by atoms with E-state index in [1.54, 1.807) is 15.4 Å². The molecule has 0 aliphatic rings. The molecule has 0 aromatic carbocycles. The number of hydrogen-bond acceptors (Lipinski definition) is 4. The largest absolute Gasteiger partial charge is 0.336 e. The SMILES string of the molecule is Cn1cc(CCn2cnc(S(=O)(=O)Cl)c2)cn1. The van der Waals surface area contributed by atoms with Crippen molar-refractivity contribution in [3.8, 4) is 0 Å². The van der Waals surface area contributed by atoms with E-state index < -0.39 is 9.05 Å². The van der Waals surface area contributed by atoms with E-state index in [1.807, 2.05) is 13.2 Å². The Morgan fingerprint density at radius 1 is 1.41 bits per heavy atom. The van der Waals surface area contributed by atoms with Crippen molar-refractivity contribution in [2.45, 2.75) is 18.0 Å². The second kappa shape index (κ2) is 4.50.